The second-order valence-electron chi connectivity index (χ2n) is 3.71. The smallest absolute Gasteiger partial charge is 0.129 e. The van der Waals surface area contributed by atoms with Crippen molar-refractivity contribution in [1.82, 2.24) is 5.43 Å². The molecule has 3 N–H and O–H groups in total. The number of ether oxygens (including phenoxy) is 1. The van der Waals surface area contributed by atoms with Crippen LogP contribution in [0.15, 0.2) is 18.2 Å². The maximum Gasteiger partial charge on any atom is 0.129 e. The Morgan fingerprint density at radius 1 is 1.47 bits per heavy atom. The third kappa shape index (κ3) is 3.64. The molecule has 5 heteroatoms. The minimum atomic E-state index is -0.378. The van der Waals surface area contributed by atoms with Crippen molar-refractivity contribution in [1.29, 1.82) is 0 Å². The van der Waals surface area contributed by atoms with Crippen molar-refractivity contribution in [3.63, 3.8) is 0 Å². The van der Waals surface area contributed by atoms with Gasteiger partial charge >= 0.3 is 0 Å². The van der Waals surface area contributed by atoms with Crippen LogP contribution in [-0.4, -0.2) is 12.7 Å². The van der Waals surface area contributed by atoms with E-state index in [1.807, 2.05) is 13.8 Å². The summed E-state index contributed by atoms with van der Waals surface area (Å²) in [6.07, 6.45) is 0.575. The molecule has 0 radical (unpaired) electrons. The highest BCUT2D eigenvalue weighted by Gasteiger charge is 2.23. The zero-order valence-electron chi connectivity index (χ0n) is 10.0. The molecule has 0 saturated heterocycles. The Balaban J connectivity index is 2.99. The quantitative estimate of drug-likeness (QED) is 0.611. The van der Waals surface area contributed by atoms with E-state index in [2.05, 4.69) is 5.43 Å². The molecular formula is C12H18ClFN2O. The molecule has 0 bridgehead atoms. The van der Waals surface area contributed by atoms with Crippen LogP contribution in [-0.2, 0) is 4.74 Å². The molecule has 0 fully saturated rings. The minimum absolute atomic E-state index is 0.166. The Labute approximate surface area is 106 Å². The number of rotatable bonds is 6. The fourth-order valence-corrected chi connectivity index (χ4v) is 1.97. The van der Waals surface area contributed by atoms with Gasteiger partial charge in [-0.25, -0.2) is 4.39 Å². The molecule has 3 nitrogen and oxygen atoms in total. The lowest BCUT2D eigenvalue weighted by Crippen LogP contribution is -2.38. The van der Waals surface area contributed by atoms with E-state index in [1.54, 1.807) is 12.1 Å². The van der Waals surface area contributed by atoms with Crippen molar-refractivity contribution < 1.29 is 9.13 Å². The molecule has 17 heavy (non-hydrogen) atoms. The summed E-state index contributed by atoms with van der Waals surface area (Å²) in [6, 6.07) is 4.17. The number of halogens is 2. The Morgan fingerprint density at radius 3 is 2.65 bits per heavy atom. The molecule has 1 aromatic carbocycles. The molecule has 0 saturated carbocycles. The first-order chi connectivity index (χ1) is 8.13. The van der Waals surface area contributed by atoms with Gasteiger partial charge in [0.25, 0.3) is 0 Å². The monoisotopic (exact) mass is 260 g/mol. The summed E-state index contributed by atoms with van der Waals surface area (Å²) in [5, 5.41) is 0.367. The summed E-state index contributed by atoms with van der Waals surface area (Å²) in [4.78, 5) is 0. The molecule has 0 aliphatic rings. The van der Waals surface area contributed by atoms with Gasteiger partial charge in [-0.15, -0.1) is 0 Å². The van der Waals surface area contributed by atoms with Crippen LogP contribution in [0.25, 0.3) is 0 Å². The van der Waals surface area contributed by atoms with Crippen LogP contribution >= 0.6 is 11.6 Å². The van der Waals surface area contributed by atoms with Crippen molar-refractivity contribution in [2.75, 3.05) is 6.61 Å². The van der Waals surface area contributed by atoms with Crippen LogP contribution in [0.1, 0.15) is 31.9 Å². The van der Waals surface area contributed by atoms with Gasteiger partial charge in [0, 0.05) is 17.2 Å². The number of hydrazine groups is 1. The Hall–Kier alpha value is -0.680. The van der Waals surface area contributed by atoms with Gasteiger partial charge in [0.05, 0.1) is 12.1 Å². The van der Waals surface area contributed by atoms with E-state index in [-0.39, 0.29) is 18.0 Å². The van der Waals surface area contributed by atoms with E-state index in [4.69, 9.17) is 22.2 Å². The summed E-state index contributed by atoms with van der Waals surface area (Å²) in [5.41, 5.74) is 3.08. The van der Waals surface area contributed by atoms with Crippen LogP contribution < -0.4 is 11.3 Å². The molecule has 0 amide bonds. The number of nitrogens with one attached hydrogen (secondary N) is 1. The molecule has 0 aliphatic carbocycles. The van der Waals surface area contributed by atoms with Crippen molar-refractivity contribution in [3.05, 3.63) is 34.6 Å². The maximum absolute atomic E-state index is 13.8. The molecule has 2 atom stereocenters. The molecule has 2 unspecified atom stereocenters. The lowest BCUT2D eigenvalue weighted by Gasteiger charge is -2.26. The van der Waals surface area contributed by atoms with Gasteiger partial charge in [0.15, 0.2) is 0 Å². The predicted octanol–water partition coefficient (Wildman–Crippen LogP) is 2.80. The molecule has 1 aromatic rings. The van der Waals surface area contributed by atoms with Crippen LogP contribution in [0, 0.1) is 5.82 Å². The highest BCUT2D eigenvalue weighted by atomic mass is 35.5. The van der Waals surface area contributed by atoms with Gasteiger partial charge in [-0.1, -0.05) is 24.6 Å². The van der Waals surface area contributed by atoms with Gasteiger partial charge in [0.2, 0.25) is 0 Å². The first-order valence-corrected chi connectivity index (χ1v) is 6.04. The Bertz CT molecular complexity index is 362. The fourth-order valence-electron chi connectivity index (χ4n) is 1.81. The van der Waals surface area contributed by atoms with Crippen molar-refractivity contribution in [2.24, 2.45) is 5.84 Å². The van der Waals surface area contributed by atoms with Gasteiger partial charge in [-0.05, 0) is 25.5 Å². The summed E-state index contributed by atoms with van der Waals surface area (Å²) in [5.74, 6) is 5.11. The SMILES string of the molecule is CCOC(CC)C(NN)c1ccc(Cl)cc1F. The summed E-state index contributed by atoms with van der Waals surface area (Å²) in [7, 11) is 0. The largest absolute Gasteiger partial charge is 0.376 e. The number of nitrogens with two attached hydrogens (primary N) is 1. The third-order valence-electron chi connectivity index (χ3n) is 2.63. The van der Waals surface area contributed by atoms with E-state index in [0.717, 1.165) is 6.42 Å². The van der Waals surface area contributed by atoms with Gasteiger partial charge in [-0.3, -0.25) is 11.3 Å². The predicted molar refractivity (Wildman–Crippen MR) is 67.2 cm³/mol. The zero-order valence-corrected chi connectivity index (χ0v) is 10.8. The molecule has 0 aliphatic heterocycles. The molecule has 1 rings (SSSR count). The van der Waals surface area contributed by atoms with Crippen LogP contribution in [0.3, 0.4) is 0 Å². The molecule has 0 spiro atoms. The zero-order chi connectivity index (χ0) is 12.8. The molecule has 0 aromatic heterocycles. The Kier molecular flexibility index (Phi) is 5.85. The number of hydrogen-bond acceptors (Lipinski definition) is 3. The van der Waals surface area contributed by atoms with Crippen LogP contribution in [0.2, 0.25) is 5.02 Å². The van der Waals surface area contributed by atoms with E-state index < -0.39 is 0 Å². The normalized spacial score (nSPS) is 14.6. The first kappa shape index (κ1) is 14.4. The van der Waals surface area contributed by atoms with Gasteiger partial charge in [-0.2, -0.15) is 0 Å². The number of benzene rings is 1. The van der Waals surface area contributed by atoms with E-state index in [1.165, 1.54) is 6.07 Å². The van der Waals surface area contributed by atoms with Crippen molar-refractivity contribution in [3.8, 4) is 0 Å². The standard InChI is InChI=1S/C12H18ClFN2O/c1-3-11(17-4-2)12(16-15)9-6-5-8(13)7-10(9)14/h5-7,11-12,16H,3-4,15H2,1-2H3. The minimum Gasteiger partial charge on any atom is -0.376 e. The first-order valence-electron chi connectivity index (χ1n) is 5.66. The highest BCUT2D eigenvalue weighted by Crippen LogP contribution is 2.25. The second-order valence-corrected chi connectivity index (χ2v) is 4.15. The molecular weight excluding hydrogens is 243 g/mol. The molecule has 0 heterocycles. The van der Waals surface area contributed by atoms with Crippen molar-refractivity contribution >= 4 is 11.6 Å². The van der Waals surface area contributed by atoms with Gasteiger partial charge in [0.1, 0.15) is 5.82 Å². The fraction of sp³-hybridized carbons (Fsp3) is 0.500. The molecule has 96 valence electrons. The van der Waals surface area contributed by atoms with E-state index in [0.29, 0.717) is 17.2 Å². The lowest BCUT2D eigenvalue weighted by molar-refractivity contribution is 0.0305. The topological polar surface area (TPSA) is 47.3 Å². The summed E-state index contributed by atoms with van der Waals surface area (Å²) in [6.45, 7) is 4.43. The van der Waals surface area contributed by atoms with Crippen molar-refractivity contribution in [2.45, 2.75) is 32.4 Å². The van der Waals surface area contributed by atoms with Gasteiger partial charge < -0.3 is 4.74 Å². The maximum atomic E-state index is 13.8. The second kappa shape index (κ2) is 6.91. The average molecular weight is 261 g/mol. The van der Waals surface area contributed by atoms with E-state index >= 15 is 0 Å². The van der Waals surface area contributed by atoms with E-state index in [9.17, 15) is 4.39 Å². The summed E-state index contributed by atoms with van der Waals surface area (Å²) >= 11 is 5.72. The van der Waals surface area contributed by atoms with Crippen LogP contribution in [0.4, 0.5) is 4.39 Å². The summed E-state index contributed by atoms with van der Waals surface area (Å²) < 4.78 is 19.3. The third-order valence-corrected chi connectivity index (χ3v) is 2.87. The Morgan fingerprint density at radius 2 is 2.18 bits per heavy atom. The number of hydrogen-bond donors (Lipinski definition) is 2. The lowest BCUT2D eigenvalue weighted by atomic mass is 9.99. The van der Waals surface area contributed by atoms with Crippen LogP contribution in [0.5, 0.6) is 0 Å². The average Bonchev–Trinajstić information content (AvgIpc) is 2.31. The highest BCUT2D eigenvalue weighted by molar-refractivity contribution is 6.30.